The van der Waals surface area contributed by atoms with Crippen LogP contribution in [0.3, 0.4) is 0 Å². The molecule has 0 radical (unpaired) electrons. The van der Waals surface area contributed by atoms with Gasteiger partial charge in [-0.25, -0.2) is 0 Å². The number of nitrogens with one attached hydrogen (secondary N) is 2. The van der Waals surface area contributed by atoms with E-state index in [1.54, 1.807) is 24.3 Å². The Bertz CT molecular complexity index is 467. The lowest BCUT2D eigenvalue weighted by atomic mass is 9.99. The summed E-state index contributed by atoms with van der Waals surface area (Å²) >= 11 is 0. The molecule has 0 heterocycles. The topological polar surface area (TPSA) is 84.2 Å². The summed E-state index contributed by atoms with van der Waals surface area (Å²) in [7, 11) is 0. The van der Waals surface area contributed by atoms with Crippen LogP contribution in [0.5, 0.6) is 0 Å². The van der Waals surface area contributed by atoms with Crippen LogP contribution in [0, 0.1) is 0 Å². The van der Waals surface area contributed by atoms with Gasteiger partial charge in [-0.3, -0.25) is 9.59 Å². The molecule has 20 heavy (non-hydrogen) atoms. The molecule has 5 nitrogen and oxygen atoms in total. The number of carbonyl (C=O) groups is 2. The van der Waals surface area contributed by atoms with E-state index in [9.17, 15) is 9.59 Å². The summed E-state index contributed by atoms with van der Waals surface area (Å²) < 4.78 is 0. The van der Waals surface area contributed by atoms with E-state index in [2.05, 4.69) is 17.6 Å². The molecule has 4 N–H and O–H groups in total. The first-order valence-corrected chi connectivity index (χ1v) is 6.79. The smallest absolute Gasteiger partial charge is 0.251 e. The summed E-state index contributed by atoms with van der Waals surface area (Å²) in [6.45, 7) is 5.97. The average Bonchev–Trinajstić information content (AvgIpc) is 2.36. The number of benzene rings is 1. The van der Waals surface area contributed by atoms with Gasteiger partial charge in [-0.1, -0.05) is 13.3 Å². The van der Waals surface area contributed by atoms with E-state index in [0.717, 1.165) is 12.8 Å². The first-order chi connectivity index (χ1) is 9.34. The number of hydrogen-bond acceptors (Lipinski definition) is 3. The molecule has 5 heteroatoms. The highest BCUT2D eigenvalue weighted by Gasteiger charge is 2.19. The predicted molar refractivity (Wildman–Crippen MR) is 80.3 cm³/mol. The van der Waals surface area contributed by atoms with Gasteiger partial charge in [0, 0.05) is 16.8 Å². The number of anilines is 1. The molecule has 0 aliphatic heterocycles. The Kier molecular flexibility index (Phi) is 5.55. The SMILES string of the molecule is CCCC(C)(C)NC(=O)CNC(=O)c1ccc(N)cc1. The van der Waals surface area contributed by atoms with Gasteiger partial charge in [0.1, 0.15) is 0 Å². The van der Waals surface area contributed by atoms with E-state index >= 15 is 0 Å². The van der Waals surface area contributed by atoms with Crippen LogP contribution in [-0.2, 0) is 4.79 Å². The molecule has 0 atom stereocenters. The molecule has 0 unspecified atom stereocenters. The molecule has 1 aromatic carbocycles. The fraction of sp³-hybridized carbons (Fsp3) is 0.467. The Balaban J connectivity index is 2.45. The third-order valence-electron chi connectivity index (χ3n) is 2.94. The molecule has 2 amide bonds. The summed E-state index contributed by atoms with van der Waals surface area (Å²) in [5, 5.41) is 5.49. The van der Waals surface area contributed by atoms with E-state index in [4.69, 9.17) is 5.73 Å². The normalized spacial score (nSPS) is 10.9. The maximum absolute atomic E-state index is 11.8. The quantitative estimate of drug-likeness (QED) is 0.692. The van der Waals surface area contributed by atoms with Crippen molar-refractivity contribution in [2.24, 2.45) is 0 Å². The molecule has 0 aromatic heterocycles. The highest BCUT2D eigenvalue weighted by molar-refractivity contribution is 5.96. The van der Waals surface area contributed by atoms with Crippen molar-refractivity contribution >= 4 is 17.5 Å². The second-order valence-corrected chi connectivity index (χ2v) is 5.49. The van der Waals surface area contributed by atoms with E-state index in [0.29, 0.717) is 11.3 Å². The lowest BCUT2D eigenvalue weighted by Gasteiger charge is -2.25. The number of nitrogen functional groups attached to an aromatic ring is 1. The van der Waals surface area contributed by atoms with Crippen molar-refractivity contribution < 1.29 is 9.59 Å². The summed E-state index contributed by atoms with van der Waals surface area (Å²) in [6, 6.07) is 6.56. The van der Waals surface area contributed by atoms with E-state index in [-0.39, 0.29) is 23.9 Å². The van der Waals surface area contributed by atoms with Gasteiger partial charge < -0.3 is 16.4 Å². The van der Waals surface area contributed by atoms with E-state index < -0.39 is 0 Å². The van der Waals surface area contributed by atoms with Crippen LogP contribution in [0.2, 0.25) is 0 Å². The standard InChI is InChI=1S/C15H23N3O2/c1-4-9-15(2,3)18-13(19)10-17-14(20)11-5-7-12(16)8-6-11/h5-8H,4,9-10,16H2,1-3H3,(H,17,20)(H,18,19). The van der Waals surface area contributed by atoms with Gasteiger partial charge in [0.25, 0.3) is 5.91 Å². The lowest BCUT2D eigenvalue weighted by Crippen LogP contribution is -2.47. The minimum atomic E-state index is -0.284. The molecular formula is C15H23N3O2. The van der Waals surface area contributed by atoms with Crippen LogP contribution in [0.15, 0.2) is 24.3 Å². The van der Waals surface area contributed by atoms with Crippen molar-refractivity contribution in [3.05, 3.63) is 29.8 Å². The predicted octanol–water partition coefficient (Wildman–Crippen LogP) is 1.69. The first-order valence-electron chi connectivity index (χ1n) is 6.79. The van der Waals surface area contributed by atoms with Crippen molar-refractivity contribution in [3.63, 3.8) is 0 Å². The van der Waals surface area contributed by atoms with Crippen LogP contribution >= 0.6 is 0 Å². The minimum Gasteiger partial charge on any atom is -0.399 e. The molecule has 0 spiro atoms. The number of hydrogen-bond donors (Lipinski definition) is 3. The summed E-state index contributed by atoms with van der Waals surface area (Å²) in [5.74, 6) is -0.472. The zero-order valence-electron chi connectivity index (χ0n) is 12.3. The van der Waals surface area contributed by atoms with Crippen LogP contribution in [0.1, 0.15) is 44.0 Å². The fourth-order valence-corrected chi connectivity index (χ4v) is 2.01. The zero-order valence-corrected chi connectivity index (χ0v) is 12.3. The van der Waals surface area contributed by atoms with Crippen molar-refractivity contribution in [2.75, 3.05) is 12.3 Å². The van der Waals surface area contributed by atoms with Crippen molar-refractivity contribution in [3.8, 4) is 0 Å². The number of carbonyl (C=O) groups excluding carboxylic acids is 2. The Morgan fingerprint density at radius 3 is 2.35 bits per heavy atom. The van der Waals surface area contributed by atoms with Gasteiger partial charge in [-0.05, 0) is 44.5 Å². The maximum atomic E-state index is 11.8. The molecule has 110 valence electrons. The average molecular weight is 277 g/mol. The Labute approximate surface area is 119 Å². The monoisotopic (exact) mass is 277 g/mol. The first kappa shape index (κ1) is 16.0. The van der Waals surface area contributed by atoms with Crippen LogP contribution < -0.4 is 16.4 Å². The van der Waals surface area contributed by atoms with E-state index in [1.807, 2.05) is 13.8 Å². The fourth-order valence-electron chi connectivity index (χ4n) is 2.01. The molecule has 0 bridgehead atoms. The number of nitrogens with two attached hydrogens (primary N) is 1. The van der Waals surface area contributed by atoms with Crippen molar-refractivity contribution in [2.45, 2.75) is 39.2 Å². The largest absolute Gasteiger partial charge is 0.399 e. The molecule has 0 aliphatic rings. The zero-order chi connectivity index (χ0) is 15.2. The van der Waals surface area contributed by atoms with Crippen LogP contribution in [0.4, 0.5) is 5.69 Å². The van der Waals surface area contributed by atoms with Gasteiger partial charge in [-0.15, -0.1) is 0 Å². The van der Waals surface area contributed by atoms with Gasteiger partial charge >= 0.3 is 0 Å². The van der Waals surface area contributed by atoms with Gasteiger partial charge in [-0.2, -0.15) is 0 Å². The maximum Gasteiger partial charge on any atom is 0.251 e. The Morgan fingerprint density at radius 1 is 1.20 bits per heavy atom. The van der Waals surface area contributed by atoms with Crippen LogP contribution in [-0.4, -0.2) is 23.9 Å². The third-order valence-corrected chi connectivity index (χ3v) is 2.94. The third kappa shape index (κ3) is 5.30. The second kappa shape index (κ2) is 6.93. The molecule has 0 saturated heterocycles. The Hall–Kier alpha value is -2.04. The summed E-state index contributed by atoms with van der Waals surface area (Å²) in [4.78, 5) is 23.6. The van der Waals surface area contributed by atoms with Crippen molar-refractivity contribution in [1.29, 1.82) is 0 Å². The highest BCUT2D eigenvalue weighted by atomic mass is 16.2. The summed E-state index contributed by atoms with van der Waals surface area (Å²) in [5.41, 5.74) is 6.38. The van der Waals surface area contributed by atoms with Gasteiger partial charge in [0.05, 0.1) is 6.54 Å². The molecule has 0 saturated carbocycles. The molecule has 1 aromatic rings. The molecule has 0 fully saturated rings. The van der Waals surface area contributed by atoms with Gasteiger partial charge in [0.15, 0.2) is 0 Å². The molecule has 0 aliphatic carbocycles. The van der Waals surface area contributed by atoms with Crippen molar-refractivity contribution in [1.82, 2.24) is 10.6 Å². The van der Waals surface area contributed by atoms with Gasteiger partial charge in [0.2, 0.25) is 5.91 Å². The van der Waals surface area contributed by atoms with E-state index in [1.165, 1.54) is 0 Å². The minimum absolute atomic E-state index is 0.0314. The molecular weight excluding hydrogens is 254 g/mol. The van der Waals surface area contributed by atoms with Crippen LogP contribution in [0.25, 0.3) is 0 Å². The summed E-state index contributed by atoms with van der Waals surface area (Å²) in [6.07, 6.45) is 1.88. The number of amides is 2. The second-order valence-electron chi connectivity index (χ2n) is 5.49. The highest BCUT2D eigenvalue weighted by Crippen LogP contribution is 2.10. The lowest BCUT2D eigenvalue weighted by molar-refractivity contribution is -0.121. The number of rotatable bonds is 6. The molecule has 1 rings (SSSR count). The Morgan fingerprint density at radius 2 is 1.80 bits per heavy atom.